The number of halogens is 3. The quantitative estimate of drug-likeness (QED) is 0.632. The summed E-state index contributed by atoms with van der Waals surface area (Å²) in [7, 11) is 0. The van der Waals surface area contributed by atoms with E-state index in [1.54, 1.807) is 12.1 Å². The zero-order valence-corrected chi connectivity index (χ0v) is 15.1. The van der Waals surface area contributed by atoms with Crippen LogP contribution < -0.4 is 10.6 Å². The maximum atomic E-state index is 12.5. The number of rotatable bonds is 5. The first kappa shape index (κ1) is 20.6. The highest BCUT2D eigenvalue weighted by Crippen LogP contribution is 2.28. The van der Waals surface area contributed by atoms with Crippen LogP contribution in [-0.2, 0) is 22.3 Å². The summed E-state index contributed by atoms with van der Waals surface area (Å²) in [5, 5.41) is 7.98. The number of carbonyl (C=O) groups is 2. The summed E-state index contributed by atoms with van der Waals surface area (Å²) in [6.45, 7) is 1.24. The van der Waals surface area contributed by atoms with Crippen LogP contribution in [0.3, 0.4) is 0 Å². The topological polar surface area (TPSA) is 145 Å². The van der Waals surface area contributed by atoms with Crippen LogP contribution >= 0.6 is 0 Å². The van der Waals surface area contributed by atoms with Gasteiger partial charge >= 0.3 is 18.2 Å². The van der Waals surface area contributed by atoms with Crippen molar-refractivity contribution in [3.05, 3.63) is 42.2 Å². The second-order valence-electron chi connectivity index (χ2n) is 5.64. The van der Waals surface area contributed by atoms with Gasteiger partial charge in [0.2, 0.25) is 11.7 Å². The summed E-state index contributed by atoms with van der Waals surface area (Å²) in [6.07, 6.45) is -2.05. The van der Waals surface area contributed by atoms with E-state index in [1.165, 1.54) is 13.1 Å². The monoisotopic (exact) mass is 423 g/mol. The van der Waals surface area contributed by atoms with Crippen LogP contribution in [0.1, 0.15) is 18.4 Å². The van der Waals surface area contributed by atoms with Crippen molar-refractivity contribution in [1.82, 2.24) is 25.1 Å². The molecule has 0 bridgehead atoms. The molecule has 0 aliphatic carbocycles. The van der Waals surface area contributed by atoms with Crippen LogP contribution in [0.15, 0.2) is 35.2 Å². The third-order valence-electron chi connectivity index (χ3n) is 3.28. The van der Waals surface area contributed by atoms with Crippen LogP contribution in [0.25, 0.3) is 11.5 Å². The zero-order chi connectivity index (χ0) is 21.7. The van der Waals surface area contributed by atoms with Gasteiger partial charge in [0.15, 0.2) is 5.82 Å². The number of alkyl halides is 3. The Morgan fingerprint density at radius 1 is 1.07 bits per heavy atom. The maximum Gasteiger partial charge on any atom is 0.471 e. The van der Waals surface area contributed by atoms with E-state index in [4.69, 9.17) is 4.74 Å². The molecule has 3 aromatic heterocycles. The predicted molar refractivity (Wildman–Crippen MR) is 92.7 cm³/mol. The first-order chi connectivity index (χ1) is 14.2. The number of hydrogen-bond acceptors (Lipinski definition) is 9. The van der Waals surface area contributed by atoms with Crippen molar-refractivity contribution in [3.8, 4) is 11.5 Å². The first-order valence-corrected chi connectivity index (χ1v) is 8.10. The molecule has 2 N–H and O–H groups in total. The second kappa shape index (κ2) is 8.50. The first-order valence-electron chi connectivity index (χ1n) is 8.10. The molecule has 11 nitrogen and oxygen atoms in total. The van der Waals surface area contributed by atoms with Crippen molar-refractivity contribution >= 4 is 23.6 Å². The van der Waals surface area contributed by atoms with Crippen LogP contribution in [0.4, 0.5) is 29.6 Å². The molecule has 0 saturated carbocycles. The van der Waals surface area contributed by atoms with Crippen LogP contribution in [0.5, 0.6) is 0 Å². The molecular weight excluding hydrogens is 411 g/mol. The minimum Gasteiger partial charge on any atom is -0.444 e. The van der Waals surface area contributed by atoms with Gasteiger partial charge in [-0.25, -0.2) is 19.7 Å². The zero-order valence-electron chi connectivity index (χ0n) is 15.1. The molecule has 30 heavy (non-hydrogen) atoms. The summed E-state index contributed by atoms with van der Waals surface area (Å²) in [5.41, 5.74) is 0.483. The van der Waals surface area contributed by atoms with Gasteiger partial charge in [0.25, 0.3) is 0 Å². The highest BCUT2D eigenvalue weighted by atomic mass is 19.4. The Labute approximate surface area is 165 Å². The van der Waals surface area contributed by atoms with Gasteiger partial charge in [0.1, 0.15) is 18.1 Å². The Balaban J connectivity index is 1.53. The smallest absolute Gasteiger partial charge is 0.444 e. The molecule has 0 unspecified atom stereocenters. The van der Waals surface area contributed by atoms with E-state index in [0.717, 1.165) is 12.4 Å². The number of aromatic nitrogens is 5. The van der Waals surface area contributed by atoms with E-state index < -0.39 is 24.0 Å². The lowest BCUT2D eigenvalue weighted by Crippen LogP contribution is -2.15. The van der Waals surface area contributed by atoms with E-state index in [2.05, 4.69) is 40.2 Å². The number of hydrogen-bond donors (Lipinski definition) is 2. The minimum atomic E-state index is -4.77. The largest absolute Gasteiger partial charge is 0.471 e. The molecule has 2 amide bonds. The minimum absolute atomic E-state index is 0.0116. The number of nitrogens with zero attached hydrogens (tertiary/aromatic N) is 5. The van der Waals surface area contributed by atoms with E-state index in [-0.39, 0.29) is 24.0 Å². The van der Waals surface area contributed by atoms with Crippen molar-refractivity contribution in [2.45, 2.75) is 19.7 Å². The van der Waals surface area contributed by atoms with Crippen LogP contribution in [-0.4, -0.2) is 37.1 Å². The number of amides is 2. The number of pyridine rings is 1. The second-order valence-corrected chi connectivity index (χ2v) is 5.64. The lowest BCUT2D eigenvalue weighted by Gasteiger charge is -2.07. The van der Waals surface area contributed by atoms with Gasteiger partial charge in [-0.1, -0.05) is 11.2 Å². The molecule has 0 atom stereocenters. The number of nitrogens with one attached hydrogen (secondary N) is 2. The highest BCUT2D eigenvalue weighted by molar-refractivity contribution is 5.87. The molecule has 0 aromatic carbocycles. The molecule has 14 heteroatoms. The van der Waals surface area contributed by atoms with Gasteiger partial charge in [-0.2, -0.15) is 18.2 Å². The van der Waals surface area contributed by atoms with Crippen LogP contribution in [0.2, 0.25) is 0 Å². The third-order valence-corrected chi connectivity index (χ3v) is 3.28. The number of anilines is 2. The number of ether oxygens (including phenoxy) is 1. The van der Waals surface area contributed by atoms with Crippen molar-refractivity contribution in [2.75, 3.05) is 10.6 Å². The molecule has 0 saturated heterocycles. The molecule has 0 radical (unpaired) electrons. The van der Waals surface area contributed by atoms with Gasteiger partial charge in [-0.05, 0) is 6.07 Å². The molecule has 0 spiro atoms. The Hall–Kier alpha value is -4.10. The Kier molecular flexibility index (Phi) is 5.85. The van der Waals surface area contributed by atoms with Gasteiger partial charge in [0, 0.05) is 18.7 Å². The average molecular weight is 423 g/mol. The summed E-state index contributed by atoms with van der Waals surface area (Å²) in [4.78, 5) is 37.6. The van der Waals surface area contributed by atoms with Crippen molar-refractivity contribution in [3.63, 3.8) is 0 Å². The fraction of sp³-hybridized carbons (Fsp3) is 0.188. The molecular formula is C16H12F3N7O4. The average Bonchev–Trinajstić information content (AvgIpc) is 3.18. The lowest BCUT2D eigenvalue weighted by atomic mass is 10.3. The molecule has 3 aromatic rings. The van der Waals surface area contributed by atoms with Gasteiger partial charge in [-0.15, -0.1) is 0 Å². The van der Waals surface area contributed by atoms with Gasteiger partial charge in [-0.3, -0.25) is 10.1 Å². The summed E-state index contributed by atoms with van der Waals surface area (Å²) < 4.78 is 46.5. The van der Waals surface area contributed by atoms with E-state index in [0.29, 0.717) is 11.4 Å². The van der Waals surface area contributed by atoms with E-state index >= 15 is 0 Å². The Morgan fingerprint density at radius 2 is 1.83 bits per heavy atom. The van der Waals surface area contributed by atoms with Crippen molar-refractivity contribution in [2.24, 2.45) is 0 Å². The molecule has 3 rings (SSSR count). The molecule has 0 fully saturated rings. The van der Waals surface area contributed by atoms with Gasteiger partial charge < -0.3 is 14.6 Å². The Morgan fingerprint density at radius 3 is 2.40 bits per heavy atom. The molecule has 3 heterocycles. The summed E-state index contributed by atoms with van der Waals surface area (Å²) >= 11 is 0. The maximum absolute atomic E-state index is 12.5. The molecule has 156 valence electrons. The fourth-order valence-corrected chi connectivity index (χ4v) is 2.00. The summed E-state index contributed by atoms with van der Waals surface area (Å²) in [6, 6.07) is 3.16. The standard InChI is InChI=1S/C16H12F3N7O4/c1-8(27)23-11-3-2-9(4-21-11)7-29-15(28)24-12-6-20-10(5-22-12)13-25-14(30-26-13)16(17,18)19/h2-6H,7H2,1H3,(H,21,23,27)(H,22,24,28). The van der Waals surface area contributed by atoms with E-state index in [1.807, 2.05) is 0 Å². The van der Waals surface area contributed by atoms with E-state index in [9.17, 15) is 22.8 Å². The normalized spacial score (nSPS) is 11.1. The van der Waals surface area contributed by atoms with Gasteiger partial charge in [0.05, 0.1) is 12.4 Å². The Bertz CT molecular complexity index is 1040. The lowest BCUT2D eigenvalue weighted by molar-refractivity contribution is -0.159. The van der Waals surface area contributed by atoms with Crippen molar-refractivity contribution < 1.29 is 32.0 Å². The van der Waals surface area contributed by atoms with Crippen molar-refractivity contribution in [1.29, 1.82) is 0 Å². The highest BCUT2D eigenvalue weighted by Gasteiger charge is 2.38. The number of carbonyl (C=O) groups excluding carboxylic acids is 2. The summed E-state index contributed by atoms with van der Waals surface area (Å²) in [5.74, 6) is -1.83. The third kappa shape index (κ3) is 5.46. The fourth-order valence-electron chi connectivity index (χ4n) is 2.00. The molecule has 0 aliphatic rings. The predicted octanol–water partition coefficient (Wildman–Crippen LogP) is 2.65. The van der Waals surface area contributed by atoms with Crippen LogP contribution in [0, 0.1) is 0 Å². The molecule has 0 aliphatic heterocycles. The SMILES string of the molecule is CC(=O)Nc1ccc(COC(=O)Nc2cnc(-c3noc(C(F)(F)F)n3)cn2)cn1.